The van der Waals surface area contributed by atoms with Crippen molar-refractivity contribution in [1.82, 2.24) is 15.6 Å². The first kappa shape index (κ1) is 15.9. The fourth-order valence-electron chi connectivity index (χ4n) is 1.58. The van der Waals surface area contributed by atoms with Crippen molar-refractivity contribution < 1.29 is 14.7 Å². The van der Waals surface area contributed by atoms with Crippen molar-refractivity contribution in [2.45, 2.75) is 33.2 Å². The molecule has 6 nitrogen and oxygen atoms in total. The molecule has 6 heteroatoms. The van der Waals surface area contributed by atoms with Crippen LogP contribution in [0.3, 0.4) is 0 Å². The van der Waals surface area contributed by atoms with E-state index in [2.05, 4.69) is 15.6 Å². The molecule has 0 aliphatic rings. The number of pyridine rings is 1. The van der Waals surface area contributed by atoms with Crippen molar-refractivity contribution in [3.8, 4) is 0 Å². The van der Waals surface area contributed by atoms with Crippen LogP contribution in [0.15, 0.2) is 24.4 Å². The summed E-state index contributed by atoms with van der Waals surface area (Å²) >= 11 is 0. The molecule has 110 valence electrons. The number of urea groups is 1. The number of carbonyl (C=O) groups excluding carboxylic acids is 1. The molecule has 0 spiro atoms. The Labute approximate surface area is 118 Å². The molecule has 2 unspecified atom stereocenters. The van der Waals surface area contributed by atoms with Crippen molar-refractivity contribution >= 4 is 12.0 Å². The first-order chi connectivity index (χ1) is 9.39. The van der Waals surface area contributed by atoms with Crippen LogP contribution in [0.1, 0.15) is 38.9 Å². The Morgan fingerprint density at radius 3 is 2.65 bits per heavy atom. The van der Waals surface area contributed by atoms with E-state index < -0.39 is 17.4 Å². The Morgan fingerprint density at radius 2 is 2.15 bits per heavy atom. The second-order valence-electron chi connectivity index (χ2n) is 5.02. The molecule has 0 bridgehead atoms. The number of carboxylic acids is 1. The Balaban J connectivity index is 2.50. The number of nitrogens with zero attached hydrogens (tertiary/aromatic N) is 1. The van der Waals surface area contributed by atoms with Gasteiger partial charge in [-0.05, 0) is 32.4 Å². The molecule has 0 saturated carbocycles. The summed E-state index contributed by atoms with van der Waals surface area (Å²) in [6.45, 7) is 5.29. The van der Waals surface area contributed by atoms with Gasteiger partial charge in [0, 0.05) is 12.7 Å². The van der Waals surface area contributed by atoms with Crippen molar-refractivity contribution in [1.29, 1.82) is 0 Å². The molecule has 0 fully saturated rings. The summed E-state index contributed by atoms with van der Waals surface area (Å²) in [6.07, 6.45) is 2.10. The van der Waals surface area contributed by atoms with Crippen LogP contribution in [0.2, 0.25) is 0 Å². The van der Waals surface area contributed by atoms with Crippen LogP contribution >= 0.6 is 0 Å². The van der Waals surface area contributed by atoms with E-state index in [9.17, 15) is 9.59 Å². The van der Waals surface area contributed by atoms with Crippen molar-refractivity contribution in [2.24, 2.45) is 5.41 Å². The molecular weight excluding hydrogens is 258 g/mol. The highest BCUT2D eigenvalue weighted by atomic mass is 16.4. The molecule has 1 rings (SSSR count). The first-order valence-corrected chi connectivity index (χ1v) is 6.57. The monoisotopic (exact) mass is 279 g/mol. The summed E-state index contributed by atoms with van der Waals surface area (Å²) in [5, 5.41) is 14.4. The Hall–Kier alpha value is -2.11. The van der Waals surface area contributed by atoms with Crippen molar-refractivity contribution in [3.63, 3.8) is 0 Å². The summed E-state index contributed by atoms with van der Waals surface area (Å²) in [4.78, 5) is 27.0. The summed E-state index contributed by atoms with van der Waals surface area (Å²) in [5.41, 5.74) is -0.204. The quantitative estimate of drug-likeness (QED) is 0.742. The maximum absolute atomic E-state index is 11.8. The van der Waals surface area contributed by atoms with Gasteiger partial charge in [-0.15, -0.1) is 0 Å². The van der Waals surface area contributed by atoms with Gasteiger partial charge < -0.3 is 15.7 Å². The van der Waals surface area contributed by atoms with E-state index >= 15 is 0 Å². The number of hydrogen-bond acceptors (Lipinski definition) is 3. The van der Waals surface area contributed by atoms with Gasteiger partial charge in [0.15, 0.2) is 0 Å². The Bertz CT molecular complexity index is 464. The highest BCUT2D eigenvalue weighted by Crippen LogP contribution is 2.19. The van der Waals surface area contributed by atoms with Gasteiger partial charge in [-0.25, -0.2) is 4.79 Å². The lowest BCUT2D eigenvalue weighted by Gasteiger charge is -2.24. The zero-order chi connectivity index (χ0) is 15.2. The van der Waals surface area contributed by atoms with Gasteiger partial charge in [0.1, 0.15) is 0 Å². The van der Waals surface area contributed by atoms with Crippen LogP contribution in [0.5, 0.6) is 0 Å². The van der Waals surface area contributed by atoms with Gasteiger partial charge in [-0.1, -0.05) is 13.0 Å². The van der Waals surface area contributed by atoms with E-state index in [-0.39, 0.29) is 12.6 Å². The number of nitrogens with one attached hydrogen (secondary N) is 2. The average molecular weight is 279 g/mol. The molecule has 20 heavy (non-hydrogen) atoms. The van der Waals surface area contributed by atoms with Crippen LogP contribution < -0.4 is 10.6 Å². The van der Waals surface area contributed by atoms with Gasteiger partial charge in [-0.2, -0.15) is 0 Å². The number of carboxylic acid groups (broad SMARTS) is 1. The number of rotatable bonds is 6. The minimum absolute atomic E-state index is 0.0829. The zero-order valence-electron chi connectivity index (χ0n) is 12.0. The van der Waals surface area contributed by atoms with Crippen LogP contribution in [0, 0.1) is 5.41 Å². The van der Waals surface area contributed by atoms with Crippen molar-refractivity contribution in [2.75, 3.05) is 6.54 Å². The largest absolute Gasteiger partial charge is 0.481 e. The maximum atomic E-state index is 11.8. The third-order valence-electron chi connectivity index (χ3n) is 3.41. The minimum Gasteiger partial charge on any atom is -0.481 e. The second-order valence-corrected chi connectivity index (χ2v) is 5.02. The lowest BCUT2D eigenvalue weighted by Crippen LogP contribution is -2.45. The number of aromatic nitrogens is 1. The number of aliphatic carboxylic acids is 1. The molecular formula is C14H21N3O3. The highest BCUT2D eigenvalue weighted by Gasteiger charge is 2.31. The molecule has 0 aliphatic carbocycles. The first-order valence-electron chi connectivity index (χ1n) is 6.57. The summed E-state index contributed by atoms with van der Waals surface area (Å²) in [7, 11) is 0. The molecule has 2 amide bonds. The van der Waals surface area contributed by atoms with Gasteiger partial charge >= 0.3 is 12.0 Å². The predicted octanol–water partition coefficient (Wildman–Crippen LogP) is 1.94. The minimum atomic E-state index is -0.953. The van der Waals surface area contributed by atoms with Crippen molar-refractivity contribution in [3.05, 3.63) is 30.1 Å². The van der Waals surface area contributed by atoms with Crippen LogP contribution in [0.25, 0.3) is 0 Å². The summed E-state index contributed by atoms with van der Waals surface area (Å²) in [6, 6.07) is 4.82. The van der Waals surface area contributed by atoms with E-state index in [1.165, 1.54) is 0 Å². The molecule has 1 aromatic heterocycles. The van der Waals surface area contributed by atoms with E-state index in [1.54, 1.807) is 26.1 Å². The standard InChI is InChI=1S/C14H21N3O3/c1-4-14(3,12(18)19)9-16-13(20)17-10(2)11-7-5-6-8-15-11/h5-8,10H,4,9H2,1-3H3,(H,18,19)(H2,16,17,20). The predicted molar refractivity (Wildman–Crippen MR) is 75.2 cm³/mol. The molecule has 0 saturated heterocycles. The van der Waals surface area contributed by atoms with E-state index in [4.69, 9.17) is 5.11 Å². The topological polar surface area (TPSA) is 91.3 Å². The molecule has 1 heterocycles. The van der Waals surface area contributed by atoms with Crippen LogP contribution in [-0.4, -0.2) is 28.6 Å². The molecule has 0 aromatic carbocycles. The zero-order valence-corrected chi connectivity index (χ0v) is 12.0. The normalized spacial score (nSPS) is 14.9. The van der Waals surface area contributed by atoms with Gasteiger partial charge in [0.2, 0.25) is 0 Å². The van der Waals surface area contributed by atoms with Crippen LogP contribution in [0.4, 0.5) is 4.79 Å². The average Bonchev–Trinajstić information content (AvgIpc) is 2.45. The Kier molecular flexibility index (Phi) is 5.49. The van der Waals surface area contributed by atoms with Gasteiger partial charge in [0.25, 0.3) is 0 Å². The fraction of sp³-hybridized carbons (Fsp3) is 0.500. The van der Waals surface area contributed by atoms with Gasteiger partial charge in [-0.3, -0.25) is 9.78 Å². The highest BCUT2D eigenvalue weighted by molar-refractivity contribution is 5.78. The lowest BCUT2D eigenvalue weighted by molar-refractivity contribution is -0.147. The fourth-order valence-corrected chi connectivity index (χ4v) is 1.58. The molecule has 0 radical (unpaired) electrons. The summed E-state index contributed by atoms with van der Waals surface area (Å²) in [5.74, 6) is -0.918. The number of hydrogen-bond donors (Lipinski definition) is 3. The third kappa shape index (κ3) is 4.22. The molecule has 2 atom stereocenters. The lowest BCUT2D eigenvalue weighted by atomic mass is 9.88. The van der Waals surface area contributed by atoms with Gasteiger partial charge in [0.05, 0.1) is 17.2 Å². The van der Waals surface area contributed by atoms with Crippen LogP contribution in [-0.2, 0) is 4.79 Å². The molecule has 0 aliphatic heterocycles. The number of amides is 2. The number of carbonyl (C=O) groups is 2. The second kappa shape index (κ2) is 6.88. The molecule has 3 N–H and O–H groups in total. The van der Waals surface area contributed by atoms with E-state index in [0.717, 1.165) is 5.69 Å². The smallest absolute Gasteiger partial charge is 0.315 e. The maximum Gasteiger partial charge on any atom is 0.315 e. The van der Waals surface area contributed by atoms with E-state index in [1.807, 2.05) is 19.1 Å². The third-order valence-corrected chi connectivity index (χ3v) is 3.41. The van der Waals surface area contributed by atoms with E-state index in [0.29, 0.717) is 6.42 Å². The Morgan fingerprint density at radius 1 is 1.45 bits per heavy atom. The molecule has 1 aromatic rings. The SMILES string of the molecule is CCC(C)(CNC(=O)NC(C)c1ccccn1)C(=O)O. The summed E-state index contributed by atoms with van der Waals surface area (Å²) < 4.78 is 0.